The van der Waals surface area contributed by atoms with Crippen molar-refractivity contribution < 1.29 is 4.79 Å². The normalized spacial score (nSPS) is 17.1. The average molecular weight is 175 g/mol. The van der Waals surface area contributed by atoms with Crippen LogP contribution in [0.5, 0.6) is 0 Å². The van der Waals surface area contributed by atoms with Gasteiger partial charge in [0.05, 0.1) is 11.8 Å². The molecule has 0 N–H and O–H groups in total. The van der Waals surface area contributed by atoms with E-state index >= 15 is 0 Å². The minimum atomic E-state index is -0.234. The first-order valence-corrected chi connectivity index (χ1v) is 3.17. The minimum absolute atomic E-state index is 0.234. The standard InChI is InChI=1S/C4H3BrN2O/c5-1-3-2-6-7-4(3)8/h2H,1H2. The van der Waals surface area contributed by atoms with Crippen molar-refractivity contribution in [3.8, 4) is 0 Å². The van der Waals surface area contributed by atoms with Gasteiger partial charge in [-0.25, -0.2) is 0 Å². The van der Waals surface area contributed by atoms with Crippen LogP contribution in [0.3, 0.4) is 0 Å². The first-order valence-electron chi connectivity index (χ1n) is 2.05. The zero-order valence-electron chi connectivity index (χ0n) is 3.97. The lowest BCUT2D eigenvalue weighted by atomic mass is 10.3. The summed E-state index contributed by atoms with van der Waals surface area (Å²) in [6.07, 6.45) is 1.46. The van der Waals surface area contributed by atoms with E-state index in [1.54, 1.807) is 0 Å². The molecule has 1 amide bonds. The zero-order valence-corrected chi connectivity index (χ0v) is 5.55. The molecule has 0 aromatic heterocycles. The van der Waals surface area contributed by atoms with Crippen molar-refractivity contribution in [3.63, 3.8) is 0 Å². The topological polar surface area (TPSA) is 41.8 Å². The highest BCUT2D eigenvalue weighted by Crippen LogP contribution is 2.08. The number of nitrogens with zero attached hydrogens (tertiary/aromatic N) is 2. The summed E-state index contributed by atoms with van der Waals surface area (Å²) in [5.74, 6) is -0.234. The van der Waals surface area contributed by atoms with Gasteiger partial charge in [-0.05, 0) is 0 Å². The third kappa shape index (κ3) is 0.838. The second-order valence-electron chi connectivity index (χ2n) is 1.31. The second kappa shape index (κ2) is 2.17. The van der Waals surface area contributed by atoms with Crippen LogP contribution in [0.25, 0.3) is 0 Å². The van der Waals surface area contributed by atoms with Crippen LogP contribution in [-0.2, 0) is 4.79 Å². The quantitative estimate of drug-likeness (QED) is 0.553. The van der Waals surface area contributed by atoms with E-state index in [-0.39, 0.29) is 5.91 Å². The molecular weight excluding hydrogens is 172 g/mol. The van der Waals surface area contributed by atoms with Crippen LogP contribution in [-0.4, -0.2) is 11.2 Å². The van der Waals surface area contributed by atoms with Gasteiger partial charge in [-0.2, -0.15) is 5.11 Å². The Bertz CT molecular complexity index is 173. The summed E-state index contributed by atoms with van der Waals surface area (Å²) >= 11 is 3.11. The number of carbonyl (C=O) groups excluding carboxylic acids is 1. The minimum Gasteiger partial charge on any atom is -0.265 e. The summed E-state index contributed by atoms with van der Waals surface area (Å²) in [6.45, 7) is 0. The van der Waals surface area contributed by atoms with Crippen molar-refractivity contribution in [2.24, 2.45) is 10.2 Å². The monoisotopic (exact) mass is 174 g/mol. The molecule has 0 spiro atoms. The molecule has 0 aromatic carbocycles. The molecule has 0 saturated heterocycles. The fraction of sp³-hybridized carbons (Fsp3) is 0.250. The zero-order chi connectivity index (χ0) is 5.98. The van der Waals surface area contributed by atoms with Crippen molar-refractivity contribution >= 4 is 21.8 Å². The smallest absolute Gasteiger partial charge is 0.265 e. The van der Waals surface area contributed by atoms with Crippen LogP contribution in [0, 0.1) is 0 Å². The third-order valence-corrected chi connectivity index (χ3v) is 1.38. The molecule has 4 heteroatoms. The van der Waals surface area contributed by atoms with E-state index in [2.05, 4.69) is 26.2 Å². The van der Waals surface area contributed by atoms with Crippen LogP contribution < -0.4 is 0 Å². The van der Waals surface area contributed by atoms with Crippen LogP contribution in [0.15, 0.2) is 22.0 Å². The molecule has 0 saturated carbocycles. The molecule has 3 nitrogen and oxygen atoms in total. The van der Waals surface area contributed by atoms with Gasteiger partial charge < -0.3 is 0 Å². The Morgan fingerprint density at radius 2 is 2.50 bits per heavy atom. The largest absolute Gasteiger partial charge is 0.293 e. The van der Waals surface area contributed by atoms with Gasteiger partial charge in [0.1, 0.15) is 0 Å². The maximum absolute atomic E-state index is 10.4. The molecule has 0 atom stereocenters. The average Bonchev–Trinajstić information content (AvgIpc) is 2.14. The molecule has 42 valence electrons. The molecule has 1 aliphatic heterocycles. The molecule has 0 aromatic rings. The summed E-state index contributed by atoms with van der Waals surface area (Å²) in [6, 6.07) is 0. The summed E-state index contributed by atoms with van der Waals surface area (Å²) in [4.78, 5) is 10.4. The van der Waals surface area contributed by atoms with Gasteiger partial charge >= 0.3 is 0 Å². The molecular formula is C4H3BrN2O. The SMILES string of the molecule is O=C1N=NC=C1CBr. The fourth-order valence-electron chi connectivity index (χ4n) is 0.362. The Balaban J connectivity index is 2.73. The van der Waals surface area contributed by atoms with E-state index in [0.717, 1.165) is 0 Å². The Labute approximate surface area is 54.6 Å². The Hall–Kier alpha value is -0.510. The fourth-order valence-corrected chi connectivity index (χ4v) is 0.747. The van der Waals surface area contributed by atoms with E-state index in [9.17, 15) is 4.79 Å². The van der Waals surface area contributed by atoms with Crippen LogP contribution in [0.4, 0.5) is 0 Å². The first-order chi connectivity index (χ1) is 3.84. The van der Waals surface area contributed by atoms with Crippen molar-refractivity contribution in [2.45, 2.75) is 0 Å². The van der Waals surface area contributed by atoms with Gasteiger partial charge in [0.25, 0.3) is 5.91 Å². The number of hydrogen-bond acceptors (Lipinski definition) is 2. The maximum atomic E-state index is 10.4. The highest BCUT2D eigenvalue weighted by atomic mass is 79.9. The summed E-state index contributed by atoms with van der Waals surface area (Å²) in [7, 11) is 0. The van der Waals surface area contributed by atoms with E-state index in [4.69, 9.17) is 0 Å². The molecule has 8 heavy (non-hydrogen) atoms. The summed E-state index contributed by atoms with van der Waals surface area (Å²) in [5, 5.41) is 7.19. The van der Waals surface area contributed by atoms with Crippen molar-refractivity contribution in [1.82, 2.24) is 0 Å². The van der Waals surface area contributed by atoms with Crippen LogP contribution in [0.1, 0.15) is 0 Å². The molecule has 0 radical (unpaired) electrons. The lowest BCUT2D eigenvalue weighted by Crippen LogP contribution is -1.93. The van der Waals surface area contributed by atoms with Gasteiger partial charge in [-0.15, -0.1) is 5.11 Å². The molecule has 1 heterocycles. The molecule has 0 aliphatic carbocycles. The predicted octanol–water partition coefficient (Wildman–Crippen LogP) is 1.26. The third-order valence-electron chi connectivity index (χ3n) is 0.781. The molecule has 1 aliphatic rings. The van der Waals surface area contributed by atoms with E-state index < -0.39 is 0 Å². The highest BCUT2D eigenvalue weighted by molar-refractivity contribution is 9.09. The predicted molar refractivity (Wildman–Crippen MR) is 31.7 cm³/mol. The van der Waals surface area contributed by atoms with Crippen molar-refractivity contribution in [2.75, 3.05) is 5.33 Å². The number of azo groups is 1. The van der Waals surface area contributed by atoms with E-state index in [1.807, 2.05) is 0 Å². The van der Waals surface area contributed by atoms with Gasteiger partial charge in [-0.1, -0.05) is 15.9 Å². The van der Waals surface area contributed by atoms with Gasteiger partial charge in [0.15, 0.2) is 0 Å². The van der Waals surface area contributed by atoms with Gasteiger partial charge in [0.2, 0.25) is 0 Å². The maximum Gasteiger partial charge on any atom is 0.293 e. The van der Waals surface area contributed by atoms with Gasteiger partial charge in [0, 0.05) is 5.33 Å². The highest BCUT2D eigenvalue weighted by Gasteiger charge is 2.09. The van der Waals surface area contributed by atoms with Gasteiger partial charge in [-0.3, -0.25) is 4.79 Å². The number of alkyl halides is 1. The van der Waals surface area contributed by atoms with Crippen molar-refractivity contribution in [1.29, 1.82) is 0 Å². The number of amides is 1. The lowest BCUT2D eigenvalue weighted by molar-refractivity contribution is -0.114. The number of rotatable bonds is 1. The van der Waals surface area contributed by atoms with Crippen LogP contribution >= 0.6 is 15.9 Å². The van der Waals surface area contributed by atoms with Crippen LogP contribution in [0.2, 0.25) is 0 Å². The van der Waals surface area contributed by atoms with E-state index in [0.29, 0.717) is 10.9 Å². The Morgan fingerprint density at radius 3 is 2.75 bits per heavy atom. The second-order valence-corrected chi connectivity index (χ2v) is 1.87. The van der Waals surface area contributed by atoms with E-state index in [1.165, 1.54) is 6.20 Å². The first kappa shape index (κ1) is 5.62. The number of halogens is 1. The number of carbonyl (C=O) groups is 1. The number of hydrogen-bond donors (Lipinski definition) is 0. The molecule has 1 rings (SSSR count). The Kier molecular flexibility index (Phi) is 1.53. The molecule has 0 fully saturated rings. The molecule has 0 unspecified atom stereocenters. The summed E-state index contributed by atoms with van der Waals surface area (Å²) < 4.78 is 0. The summed E-state index contributed by atoms with van der Waals surface area (Å²) in [5.41, 5.74) is 0.616. The Morgan fingerprint density at radius 1 is 1.75 bits per heavy atom. The molecule has 0 bridgehead atoms. The van der Waals surface area contributed by atoms with Crippen molar-refractivity contribution in [3.05, 3.63) is 11.8 Å². The lowest BCUT2D eigenvalue weighted by Gasteiger charge is -1.82.